The van der Waals surface area contributed by atoms with Crippen molar-refractivity contribution in [2.75, 3.05) is 80.8 Å². The van der Waals surface area contributed by atoms with E-state index in [2.05, 4.69) is 97.5 Å². The summed E-state index contributed by atoms with van der Waals surface area (Å²) in [4.78, 5) is 64.6. The Bertz CT molecular complexity index is 3560. The lowest BCUT2D eigenvalue weighted by atomic mass is 10.0. The van der Waals surface area contributed by atoms with Crippen LogP contribution in [0.4, 0.5) is 28.8 Å². The molecule has 23 nitrogen and oxygen atoms in total. The van der Waals surface area contributed by atoms with Crippen LogP contribution in [0.2, 0.25) is 0 Å². The molecular formula is C58H67Br2N17O6. The number of amides is 2. The topological polar surface area (TPSA) is 256 Å². The molecule has 2 saturated carbocycles. The van der Waals surface area contributed by atoms with E-state index in [-0.39, 0.29) is 23.2 Å². The number of nitrogens with zero attached hydrogens (tertiary/aromatic N) is 13. The summed E-state index contributed by atoms with van der Waals surface area (Å²) in [5.41, 5.74) is 12.2. The highest BCUT2D eigenvalue weighted by Crippen LogP contribution is 2.38. The molecule has 2 saturated heterocycles. The van der Waals surface area contributed by atoms with Crippen LogP contribution in [0.25, 0.3) is 16.9 Å². The third kappa shape index (κ3) is 14.7. The minimum atomic E-state index is -0.318. The zero-order valence-corrected chi connectivity index (χ0v) is 50.5. The first-order valence-electron chi connectivity index (χ1n) is 27.4. The number of hydrogen-bond acceptors (Lipinski definition) is 18. The molecule has 2 atom stereocenters. The number of hydrogen-bond donors (Lipinski definition) is 4. The summed E-state index contributed by atoms with van der Waals surface area (Å²) < 4.78 is 28.4. The van der Waals surface area contributed by atoms with Crippen molar-refractivity contribution in [2.45, 2.75) is 77.8 Å². The lowest BCUT2D eigenvalue weighted by molar-refractivity contribution is 0.101. The number of rotatable bonds is 14. The normalized spacial score (nSPS) is 16.3. The van der Waals surface area contributed by atoms with Gasteiger partial charge in [-0.3, -0.25) is 9.59 Å². The predicted molar refractivity (Wildman–Crippen MR) is 324 cm³/mol. The van der Waals surface area contributed by atoms with Crippen molar-refractivity contribution in [3.8, 4) is 23.0 Å². The molecular weight excluding hydrogens is 1190 g/mol. The number of aryl methyl sites for hydroxylation is 3. The van der Waals surface area contributed by atoms with Gasteiger partial charge in [0.25, 0.3) is 11.8 Å². The highest BCUT2D eigenvalue weighted by molar-refractivity contribution is 9.10. The maximum atomic E-state index is 12.7. The van der Waals surface area contributed by atoms with Gasteiger partial charge in [0.05, 0.1) is 81.7 Å². The van der Waals surface area contributed by atoms with Gasteiger partial charge in [-0.25, -0.2) is 39.9 Å². The molecule has 434 valence electrons. The Balaban J connectivity index is 0.000000135. The number of pyridine rings is 4. The quantitative estimate of drug-likeness (QED) is 0.0791. The standard InChI is InChI=1S/C22H26N6O2.C21H25N7O2.C9H9BrN2O.C6H7BrN2O/c1-14-11-28-13-17(8-19(30-2)21(28)25-14)26-22(29)18-9-24-20(10-23-18)27-6-5-16(12-27)7-15-3-4-15;1-13-10-28-12-16(7-18(30-2)20(28)24-13)26-21(29)17-8-23-19(9-22-17)27-6-5-15(11-27)25-14-3-4-14;1-6-4-12-5-7(10)3-8(13-2)9(12)11-6;1-10-5-2-4(7)3-9-6(5)8/h8-11,13,15-16H,3-7,12H2,1-2H3,(H,26,29);7-10,12,14-15,25H,3-6,11H2,1-2H3,(H,26,29);3-5H,1-2H3;2-3H,1H3,(H2,8,9)/t16-;15-;;/m01../s1. The van der Waals surface area contributed by atoms with E-state index in [4.69, 9.17) is 24.7 Å². The van der Waals surface area contributed by atoms with Crippen molar-refractivity contribution >= 4 is 89.4 Å². The number of nitrogens with one attached hydrogen (secondary N) is 3. The van der Waals surface area contributed by atoms with Crippen molar-refractivity contribution in [3.63, 3.8) is 0 Å². The minimum absolute atomic E-state index is 0.270. The lowest BCUT2D eigenvalue weighted by Gasteiger charge is -2.17. The number of fused-ring (bicyclic) bond motifs is 3. The van der Waals surface area contributed by atoms with E-state index < -0.39 is 0 Å². The third-order valence-electron chi connectivity index (χ3n) is 14.4. The Labute approximate surface area is 497 Å². The molecule has 11 heterocycles. The average molecular weight is 1260 g/mol. The Morgan fingerprint density at radius 3 is 1.48 bits per heavy atom. The predicted octanol–water partition coefficient (Wildman–Crippen LogP) is 9.19. The maximum absolute atomic E-state index is 12.7. The second-order valence-electron chi connectivity index (χ2n) is 21.0. The van der Waals surface area contributed by atoms with Gasteiger partial charge in [0, 0.05) is 103 Å². The van der Waals surface area contributed by atoms with Crippen LogP contribution in [-0.4, -0.2) is 132 Å². The first-order chi connectivity index (χ1) is 40.1. The van der Waals surface area contributed by atoms with E-state index in [0.29, 0.717) is 57.8 Å². The van der Waals surface area contributed by atoms with Gasteiger partial charge < -0.3 is 63.6 Å². The van der Waals surface area contributed by atoms with Gasteiger partial charge in [-0.15, -0.1) is 0 Å². The molecule has 4 aliphatic rings. The van der Waals surface area contributed by atoms with Gasteiger partial charge >= 0.3 is 0 Å². The van der Waals surface area contributed by atoms with Crippen LogP contribution in [0.3, 0.4) is 0 Å². The summed E-state index contributed by atoms with van der Waals surface area (Å²) in [5, 5.41) is 9.40. The molecule has 9 aromatic rings. The number of carbonyl (C=O) groups excluding carboxylic acids is 2. The SMILES string of the molecule is COc1cc(Br)cn2cc(C)nc12.COc1cc(Br)cnc1N.COc1cc(NC(=O)c2cnc(N3CC[C@@H](CC4CC4)C3)cn2)cn2cc(C)nc12.COc1cc(NC(=O)c2cnc(N3CC[C@@H](NC4CC4)C3)cn2)cn2cc(C)nc12. The van der Waals surface area contributed by atoms with E-state index in [9.17, 15) is 9.59 Å². The number of aromatic nitrogens is 11. The van der Waals surface area contributed by atoms with Crippen LogP contribution in [-0.2, 0) is 0 Å². The van der Waals surface area contributed by atoms with Crippen molar-refractivity contribution in [3.05, 3.63) is 130 Å². The lowest BCUT2D eigenvalue weighted by Crippen LogP contribution is -2.34. The Morgan fingerprint density at radius 1 is 0.530 bits per heavy atom. The highest BCUT2D eigenvalue weighted by Gasteiger charge is 2.32. The molecule has 9 aromatic heterocycles. The number of anilines is 5. The van der Waals surface area contributed by atoms with E-state index >= 15 is 0 Å². The minimum Gasteiger partial charge on any atom is -0.493 e. The second-order valence-corrected chi connectivity index (χ2v) is 22.8. The van der Waals surface area contributed by atoms with Crippen molar-refractivity contribution in [1.82, 2.24) is 58.4 Å². The Kier molecular flexibility index (Phi) is 18.2. The van der Waals surface area contributed by atoms with Crippen LogP contribution in [0.1, 0.15) is 83.0 Å². The van der Waals surface area contributed by atoms with Crippen LogP contribution < -0.4 is 50.4 Å². The van der Waals surface area contributed by atoms with Crippen LogP contribution in [0.15, 0.2) is 101 Å². The molecule has 5 N–H and O–H groups in total. The highest BCUT2D eigenvalue weighted by atomic mass is 79.9. The van der Waals surface area contributed by atoms with Crippen LogP contribution in [0, 0.1) is 32.6 Å². The van der Waals surface area contributed by atoms with Gasteiger partial charge in [0.2, 0.25) is 0 Å². The van der Waals surface area contributed by atoms with E-state index in [0.717, 1.165) is 93.5 Å². The fourth-order valence-corrected chi connectivity index (χ4v) is 10.8. The summed E-state index contributed by atoms with van der Waals surface area (Å²) in [6, 6.07) is 8.39. The van der Waals surface area contributed by atoms with Crippen LogP contribution >= 0.6 is 31.9 Å². The fraction of sp³-hybridized carbons (Fsp3) is 0.379. The van der Waals surface area contributed by atoms with Crippen LogP contribution in [0.5, 0.6) is 23.0 Å². The third-order valence-corrected chi connectivity index (χ3v) is 15.3. The molecule has 0 aromatic carbocycles. The number of nitrogens with two attached hydrogens (primary N) is 1. The zero-order chi connectivity index (χ0) is 58.3. The molecule has 0 unspecified atom stereocenters. The molecule has 2 aliphatic heterocycles. The number of methoxy groups -OCH3 is 4. The van der Waals surface area contributed by atoms with Gasteiger partial charge in [0.1, 0.15) is 23.0 Å². The van der Waals surface area contributed by atoms with Gasteiger partial charge in [-0.2, -0.15) is 0 Å². The molecule has 83 heavy (non-hydrogen) atoms. The summed E-state index contributed by atoms with van der Waals surface area (Å²) in [7, 11) is 6.37. The Hall–Kier alpha value is -8.16. The fourth-order valence-electron chi connectivity index (χ4n) is 10.1. The molecule has 0 radical (unpaired) electrons. The number of ether oxygens (including phenoxy) is 4. The summed E-state index contributed by atoms with van der Waals surface area (Å²) in [6.45, 7) is 9.72. The maximum Gasteiger partial charge on any atom is 0.275 e. The number of nitrogen functional groups attached to an aromatic ring is 1. The largest absolute Gasteiger partial charge is 0.493 e. The molecule has 2 aliphatic carbocycles. The van der Waals surface area contributed by atoms with E-state index in [1.54, 1.807) is 77.6 Å². The number of carbonyl (C=O) groups is 2. The van der Waals surface area contributed by atoms with Crippen molar-refractivity contribution < 1.29 is 28.5 Å². The van der Waals surface area contributed by atoms with E-state index in [1.165, 1.54) is 44.7 Å². The smallest absolute Gasteiger partial charge is 0.275 e. The average Bonchev–Trinajstić information content (AvgIpc) is 4.25. The molecule has 4 fully saturated rings. The first kappa shape index (κ1) is 58.1. The monoisotopic (exact) mass is 1260 g/mol. The first-order valence-corrected chi connectivity index (χ1v) is 28.9. The van der Waals surface area contributed by atoms with E-state index in [1.807, 2.05) is 71.0 Å². The number of halogens is 2. The van der Waals surface area contributed by atoms with Gasteiger partial charge in [-0.05, 0) is 109 Å². The molecule has 0 bridgehead atoms. The Morgan fingerprint density at radius 2 is 1.01 bits per heavy atom. The molecule has 2 amide bonds. The van der Waals surface area contributed by atoms with Crippen molar-refractivity contribution in [1.29, 1.82) is 0 Å². The molecule has 25 heteroatoms. The number of imidazole rings is 3. The molecule has 0 spiro atoms. The van der Waals surface area contributed by atoms with Crippen molar-refractivity contribution in [2.24, 2.45) is 11.8 Å². The molecule has 13 rings (SSSR count). The summed E-state index contributed by atoms with van der Waals surface area (Å²) in [5.74, 6) is 5.72. The zero-order valence-electron chi connectivity index (χ0n) is 47.3. The summed E-state index contributed by atoms with van der Waals surface area (Å²) >= 11 is 6.64. The summed E-state index contributed by atoms with van der Waals surface area (Å²) in [6.07, 6.45) is 28.4. The van der Waals surface area contributed by atoms with Gasteiger partial charge in [0.15, 0.2) is 45.8 Å². The van der Waals surface area contributed by atoms with Gasteiger partial charge in [-0.1, -0.05) is 12.8 Å². The second kappa shape index (κ2) is 26.0.